The van der Waals surface area contributed by atoms with Crippen molar-refractivity contribution in [2.75, 3.05) is 7.05 Å². The Bertz CT molecular complexity index is 335. The summed E-state index contributed by atoms with van der Waals surface area (Å²) in [6.45, 7) is 3.59. The molecule has 0 amide bonds. The molecule has 1 aromatic rings. The number of likely N-dealkylation sites (N-methyl/N-ethyl adjacent to an activating group) is 1. The van der Waals surface area contributed by atoms with Gasteiger partial charge in [0.1, 0.15) is 6.04 Å². The number of halogens is 1. The first-order valence-electron chi connectivity index (χ1n) is 5.48. The van der Waals surface area contributed by atoms with Crippen molar-refractivity contribution >= 4 is 5.78 Å². The van der Waals surface area contributed by atoms with Crippen LogP contribution in [0.2, 0.25) is 0 Å². The van der Waals surface area contributed by atoms with Gasteiger partial charge in [-0.2, -0.15) is 0 Å². The quantitative estimate of drug-likeness (QED) is 0.715. The van der Waals surface area contributed by atoms with Crippen molar-refractivity contribution in [2.24, 2.45) is 5.92 Å². The van der Waals surface area contributed by atoms with Crippen molar-refractivity contribution in [1.29, 1.82) is 0 Å². The molecular weight excluding hydrogens is 205 g/mol. The molecule has 88 valence electrons. The van der Waals surface area contributed by atoms with Gasteiger partial charge in [-0.3, -0.25) is 4.79 Å². The third-order valence-corrected chi connectivity index (χ3v) is 2.60. The van der Waals surface area contributed by atoms with E-state index in [1.165, 1.54) is 7.05 Å². The van der Waals surface area contributed by atoms with E-state index in [0.29, 0.717) is 11.5 Å². The molecule has 0 aliphatic rings. The topological polar surface area (TPSA) is 20.3 Å². The highest BCUT2D eigenvalue weighted by molar-refractivity contribution is 5.85. The first-order valence-corrected chi connectivity index (χ1v) is 5.48. The molecule has 0 fully saturated rings. The zero-order valence-corrected chi connectivity index (χ0v) is 9.98. The van der Waals surface area contributed by atoms with Crippen LogP contribution in [0.15, 0.2) is 30.3 Å². The van der Waals surface area contributed by atoms with Gasteiger partial charge in [0.2, 0.25) is 0 Å². The van der Waals surface area contributed by atoms with E-state index < -0.39 is 6.04 Å². The number of hydrogen-bond donors (Lipinski definition) is 0. The predicted molar refractivity (Wildman–Crippen MR) is 62.7 cm³/mol. The molecule has 1 atom stereocenters. The van der Waals surface area contributed by atoms with Crippen molar-refractivity contribution in [2.45, 2.75) is 26.3 Å². The summed E-state index contributed by atoms with van der Waals surface area (Å²) in [4.78, 5) is 11.8. The van der Waals surface area contributed by atoms with Crippen LogP contribution in [0, 0.1) is 5.92 Å². The maximum absolute atomic E-state index is 13.3. The molecule has 0 aliphatic carbocycles. The van der Waals surface area contributed by atoms with E-state index >= 15 is 0 Å². The third kappa shape index (κ3) is 3.42. The Kier molecular flexibility index (Phi) is 4.62. The van der Waals surface area contributed by atoms with E-state index in [2.05, 4.69) is 0 Å². The summed E-state index contributed by atoms with van der Waals surface area (Å²) < 4.78 is 13.3. The summed E-state index contributed by atoms with van der Waals surface area (Å²) in [6, 6.07) is 8.83. The van der Waals surface area contributed by atoms with E-state index in [0.717, 1.165) is 5.56 Å². The molecule has 3 heteroatoms. The summed E-state index contributed by atoms with van der Waals surface area (Å²) >= 11 is 0. The fraction of sp³-hybridized carbons (Fsp3) is 0.462. The minimum Gasteiger partial charge on any atom is -0.298 e. The summed E-state index contributed by atoms with van der Waals surface area (Å²) in [6.07, 6.45) is 0.421. The third-order valence-electron chi connectivity index (χ3n) is 2.60. The maximum atomic E-state index is 13.3. The Labute approximate surface area is 96.0 Å². The lowest BCUT2D eigenvalue weighted by Gasteiger charge is -2.21. The second-order valence-electron chi connectivity index (χ2n) is 4.29. The molecule has 0 radical (unpaired) electrons. The standard InChI is InChI=1S/C13H18FNO/c1-10(2)13(16)12(15(3)14)9-11-7-5-4-6-8-11/h4-8,10,12H,9H2,1-3H3. The van der Waals surface area contributed by atoms with Crippen LogP contribution in [-0.4, -0.2) is 24.0 Å². The number of carbonyl (C=O) groups excluding carboxylic acids is 1. The van der Waals surface area contributed by atoms with Crippen LogP contribution in [0.1, 0.15) is 19.4 Å². The summed E-state index contributed by atoms with van der Waals surface area (Å²) in [5.41, 5.74) is 0.978. The maximum Gasteiger partial charge on any atom is 0.155 e. The lowest BCUT2D eigenvalue weighted by molar-refractivity contribution is -0.133. The van der Waals surface area contributed by atoms with E-state index in [-0.39, 0.29) is 11.7 Å². The van der Waals surface area contributed by atoms with Gasteiger partial charge in [0.25, 0.3) is 0 Å². The number of benzene rings is 1. The highest BCUT2D eigenvalue weighted by atomic mass is 19.2. The number of hydrogen-bond acceptors (Lipinski definition) is 2. The van der Waals surface area contributed by atoms with Crippen molar-refractivity contribution in [3.05, 3.63) is 35.9 Å². The second-order valence-corrected chi connectivity index (χ2v) is 4.29. The number of nitrogens with zero attached hydrogens (tertiary/aromatic N) is 1. The molecule has 0 bridgehead atoms. The van der Waals surface area contributed by atoms with Crippen molar-refractivity contribution in [3.8, 4) is 0 Å². The molecule has 0 saturated carbocycles. The summed E-state index contributed by atoms with van der Waals surface area (Å²) in [5, 5.41) is 0.509. The molecule has 0 spiro atoms. The van der Waals surface area contributed by atoms with Gasteiger partial charge in [-0.15, -0.1) is 9.60 Å². The molecular formula is C13H18FNO. The van der Waals surface area contributed by atoms with Crippen LogP contribution in [0.4, 0.5) is 4.48 Å². The molecule has 0 saturated heterocycles. The van der Waals surface area contributed by atoms with E-state index in [4.69, 9.17) is 0 Å². The van der Waals surface area contributed by atoms with Gasteiger partial charge < -0.3 is 0 Å². The Morgan fingerprint density at radius 3 is 2.31 bits per heavy atom. The van der Waals surface area contributed by atoms with E-state index in [9.17, 15) is 9.28 Å². The smallest absolute Gasteiger partial charge is 0.155 e. The van der Waals surface area contributed by atoms with Crippen LogP contribution in [0.3, 0.4) is 0 Å². The van der Waals surface area contributed by atoms with Crippen molar-refractivity contribution in [3.63, 3.8) is 0 Å². The predicted octanol–water partition coefficient (Wildman–Crippen LogP) is 2.64. The normalized spacial score (nSPS) is 13.1. The monoisotopic (exact) mass is 223 g/mol. The van der Waals surface area contributed by atoms with Gasteiger partial charge in [0, 0.05) is 13.0 Å². The Morgan fingerprint density at radius 2 is 1.88 bits per heavy atom. The lowest BCUT2D eigenvalue weighted by atomic mass is 9.96. The summed E-state index contributed by atoms with van der Waals surface area (Å²) in [5.74, 6) is -0.208. The van der Waals surface area contributed by atoms with Gasteiger partial charge in [-0.25, -0.2) is 0 Å². The van der Waals surface area contributed by atoms with Gasteiger partial charge >= 0.3 is 0 Å². The van der Waals surface area contributed by atoms with Gasteiger partial charge in [0.05, 0.1) is 0 Å². The fourth-order valence-corrected chi connectivity index (χ4v) is 1.62. The number of ketones is 1. The van der Waals surface area contributed by atoms with Crippen LogP contribution in [-0.2, 0) is 11.2 Å². The lowest BCUT2D eigenvalue weighted by Crippen LogP contribution is -2.37. The van der Waals surface area contributed by atoms with Crippen LogP contribution in [0.25, 0.3) is 0 Å². The van der Waals surface area contributed by atoms with E-state index in [1.807, 2.05) is 30.3 Å². The number of rotatable bonds is 5. The van der Waals surface area contributed by atoms with Gasteiger partial charge in [-0.05, 0) is 12.0 Å². The average Bonchev–Trinajstić information content (AvgIpc) is 2.26. The highest BCUT2D eigenvalue weighted by Gasteiger charge is 2.25. The zero-order valence-electron chi connectivity index (χ0n) is 9.98. The number of Topliss-reactive ketones (excluding diaryl/α,β-unsaturated/α-hetero) is 1. The molecule has 1 aromatic carbocycles. The molecule has 1 unspecified atom stereocenters. The Hall–Kier alpha value is -1.22. The molecule has 2 nitrogen and oxygen atoms in total. The van der Waals surface area contributed by atoms with Crippen LogP contribution >= 0.6 is 0 Å². The molecule has 0 N–H and O–H groups in total. The Morgan fingerprint density at radius 1 is 1.31 bits per heavy atom. The molecule has 0 heterocycles. The van der Waals surface area contributed by atoms with Crippen LogP contribution < -0.4 is 0 Å². The van der Waals surface area contributed by atoms with Crippen LogP contribution in [0.5, 0.6) is 0 Å². The summed E-state index contributed by atoms with van der Waals surface area (Å²) in [7, 11) is 1.30. The minimum atomic E-state index is -0.678. The largest absolute Gasteiger partial charge is 0.298 e. The average molecular weight is 223 g/mol. The van der Waals surface area contributed by atoms with Gasteiger partial charge in [0.15, 0.2) is 5.78 Å². The molecule has 0 aromatic heterocycles. The SMILES string of the molecule is CC(C)C(=O)C(Cc1ccccc1)N(C)F. The first-order chi connectivity index (χ1) is 7.52. The van der Waals surface area contributed by atoms with Crippen molar-refractivity contribution < 1.29 is 9.28 Å². The molecule has 0 aliphatic heterocycles. The molecule has 16 heavy (non-hydrogen) atoms. The number of carbonyl (C=O) groups is 1. The minimum absolute atomic E-state index is 0.0612. The highest BCUT2D eigenvalue weighted by Crippen LogP contribution is 2.13. The molecule has 1 rings (SSSR count). The van der Waals surface area contributed by atoms with E-state index in [1.54, 1.807) is 13.8 Å². The second kappa shape index (κ2) is 5.75. The Balaban J connectivity index is 2.77. The van der Waals surface area contributed by atoms with Crippen molar-refractivity contribution in [1.82, 2.24) is 5.12 Å². The zero-order chi connectivity index (χ0) is 12.1. The first kappa shape index (κ1) is 12.8. The fourth-order valence-electron chi connectivity index (χ4n) is 1.62. The van der Waals surface area contributed by atoms with Gasteiger partial charge in [-0.1, -0.05) is 44.2 Å².